The Balaban J connectivity index is 2.33. The molecule has 6 heteroatoms. The molecule has 1 N–H and O–H groups in total. The van der Waals surface area contributed by atoms with Gasteiger partial charge in [0, 0.05) is 24.1 Å². The van der Waals surface area contributed by atoms with Gasteiger partial charge in [-0.3, -0.25) is 14.9 Å². The first-order chi connectivity index (χ1) is 9.70. The number of hydroxylamine groups is 1. The van der Waals surface area contributed by atoms with Crippen LogP contribution in [-0.4, -0.2) is 11.3 Å². The van der Waals surface area contributed by atoms with Crippen LogP contribution in [0.25, 0.3) is 0 Å². The molecule has 0 atom stereocenters. The van der Waals surface area contributed by atoms with Crippen LogP contribution in [0.4, 0.5) is 5.69 Å². The minimum atomic E-state index is -0.467. The van der Waals surface area contributed by atoms with Crippen molar-refractivity contribution in [2.75, 3.05) is 0 Å². The van der Waals surface area contributed by atoms with Gasteiger partial charge in [-0.25, -0.2) is 0 Å². The number of carbonyl (C=O) groups excluding carboxylic acids is 1. The highest BCUT2D eigenvalue weighted by Crippen LogP contribution is 2.26. The SMILES string of the molecule is O=CNOc1ccc([N+](=O)[O-])cc1Cc1ccccc1. The highest BCUT2D eigenvalue weighted by molar-refractivity contribution is 5.48. The minimum Gasteiger partial charge on any atom is -0.379 e. The predicted octanol–water partition coefficient (Wildman–Crippen LogP) is 2.23. The van der Waals surface area contributed by atoms with Gasteiger partial charge in [-0.05, 0) is 11.6 Å². The van der Waals surface area contributed by atoms with Gasteiger partial charge >= 0.3 is 0 Å². The van der Waals surface area contributed by atoms with Crippen molar-refractivity contribution in [2.24, 2.45) is 0 Å². The van der Waals surface area contributed by atoms with E-state index >= 15 is 0 Å². The third kappa shape index (κ3) is 3.32. The predicted molar refractivity (Wildman–Crippen MR) is 72.2 cm³/mol. The molecule has 0 heterocycles. The smallest absolute Gasteiger partial charge is 0.269 e. The third-order valence-corrected chi connectivity index (χ3v) is 2.71. The highest BCUT2D eigenvalue weighted by atomic mass is 16.7. The van der Waals surface area contributed by atoms with Crippen LogP contribution >= 0.6 is 0 Å². The lowest BCUT2D eigenvalue weighted by Crippen LogP contribution is -2.16. The van der Waals surface area contributed by atoms with Crippen molar-refractivity contribution >= 4 is 12.1 Å². The molecule has 0 spiro atoms. The fourth-order valence-electron chi connectivity index (χ4n) is 1.82. The van der Waals surface area contributed by atoms with Crippen molar-refractivity contribution < 1.29 is 14.6 Å². The van der Waals surface area contributed by atoms with Gasteiger partial charge in [0.05, 0.1) is 4.92 Å². The van der Waals surface area contributed by atoms with E-state index < -0.39 is 4.92 Å². The molecule has 2 aromatic rings. The van der Waals surface area contributed by atoms with Gasteiger partial charge in [0.2, 0.25) is 6.41 Å². The molecule has 0 radical (unpaired) electrons. The Labute approximate surface area is 115 Å². The number of nitrogens with one attached hydrogen (secondary N) is 1. The summed E-state index contributed by atoms with van der Waals surface area (Å²) in [4.78, 5) is 25.7. The standard InChI is InChI=1S/C14H12N2O4/c17-10-15-20-14-7-6-13(16(18)19)9-12(14)8-11-4-2-1-3-5-11/h1-7,9-10H,8H2,(H,15,17). The number of hydrogen-bond donors (Lipinski definition) is 1. The second-order valence-electron chi connectivity index (χ2n) is 4.05. The van der Waals surface area contributed by atoms with Gasteiger partial charge in [-0.15, -0.1) is 0 Å². The van der Waals surface area contributed by atoms with Crippen molar-refractivity contribution in [3.63, 3.8) is 0 Å². The second-order valence-corrected chi connectivity index (χ2v) is 4.05. The van der Waals surface area contributed by atoms with Crippen LogP contribution in [0.1, 0.15) is 11.1 Å². The number of rotatable bonds is 6. The number of non-ortho nitro benzene ring substituents is 1. The maximum Gasteiger partial charge on any atom is 0.269 e. The summed E-state index contributed by atoms with van der Waals surface area (Å²) in [7, 11) is 0. The zero-order valence-electron chi connectivity index (χ0n) is 10.5. The van der Waals surface area contributed by atoms with Crippen LogP contribution in [-0.2, 0) is 11.2 Å². The van der Waals surface area contributed by atoms with Crippen molar-refractivity contribution in [3.05, 3.63) is 69.8 Å². The van der Waals surface area contributed by atoms with Crippen molar-refractivity contribution in [1.29, 1.82) is 0 Å². The van der Waals surface area contributed by atoms with Crippen LogP contribution in [0, 0.1) is 10.1 Å². The van der Waals surface area contributed by atoms with E-state index in [1.54, 1.807) is 0 Å². The summed E-state index contributed by atoms with van der Waals surface area (Å²) in [6, 6.07) is 13.7. The van der Waals surface area contributed by atoms with E-state index in [2.05, 4.69) is 5.48 Å². The Hall–Kier alpha value is -2.89. The lowest BCUT2D eigenvalue weighted by Gasteiger charge is -2.09. The Morgan fingerprint density at radius 3 is 2.60 bits per heavy atom. The average Bonchev–Trinajstić information content (AvgIpc) is 2.47. The second kappa shape index (κ2) is 6.33. The van der Waals surface area contributed by atoms with E-state index in [1.807, 2.05) is 30.3 Å². The molecular formula is C14H12N2O4. The molecule has 102 valence electrons. The quantitative estimate of drug-likeness (QED) is 0.496. The molecule has 0 aliphatic heterocycles. The fourth-order valence-corrected chi connectivity index (χ4v) is 1.82. The van der Waals surface area contributed by atoms with Crippen LogP contribution in [0.2, 0.25) is 0 Å². The topological polar surface area (TPSA) is 81.5 Å². The van der Waals surface area contributed by atoms with Crippen LogP contribution in [0.3, 0.4) is 0 Å². The van der Waals surface area contributed by atoms with E-state index in [0.717, 1.165) is 5.56 Å². The monoisotopic (exact) mass is 272 g/mol. The number of amides is 1. The van der Waals surface area contributed by atoms with Crippen molar-refractivity contribution in [3.8, 4) is 5.75 Å². The summed E-state index contributed by atoms with van der Waals surface area (Å²) < 4.78 is 0. The number of carbonyl (C=O) groups is 1. The van der Waals surface area contributed by atoms with E-state index in [-0.39, 0.29) is 5.69 Å². The summed E-state index contributed by atoms with van der Waals surface area (Å²) in [5.74, 6) is 0.381. The van der Waals surface area contributed by atoms with Crippen LogP contribution < -0.4 is 10.3 Å². The maximum absolute atomic E-state index is 10.8. The Morgan fingerprint density at radius 1 is 1.20 bits per heavy atom. The fraction of sp³-hybridized carbons (Fsp3) is 0.0714. The molecule has 20 heavy (non-hydrogen) atoms. The molecule has 0 saturated carbocycles. The Kier molecular flexibility index (Phi) is 4.28. The molecule has 0 unspecified atom stereocenters. The number of hydrogen-bond acceptors (Lipinski definition) is 4. The summed E-state index contributed by atoms with van der Waals surface area (Å²) in [6.45, 7) is 0. The zero-order chi connectivity index (χ0) is 14.4. The molecule has 0 fully saturated rings. The molecule has 6 nitrogen and oxygen atoms in total. The molecular weight excluding hydrogens is 260 g/mol. The Morgan fingerprint density at radius 2 is 1.95 bits per heavy atom. The molecule has 1 amide bonds. The van der Waals surface area contributed by atoms with Crippen LogP contribution in [0.5, 0.6) is 5.75 Å². The van der Waals surface area contributed by atoms with Gasteiger partial charge in [-0.1, -0.05) is 30.3 Å². The minimum absolute atomic E-state index is 0.0191. The van der Waals surface area contributed by atoms with Crippen molar-refractivity contribution in [2.45, 2.75) is 6.42 Å². The molecule has 2 rings (SSSR count). The first kappa shape index (κ1) is 13.5. The van der Waals surface area contributed by atoms with Crippen LogP contribution in [0.15, 0.2) is 48.5 Å². The summed E-state index contributed by atoms with van der Waals surface area (Å²) >= 11 is 0. The van der Waals surface area contributed by atoms with Gasteiger partial charge in [-0.2, -0.15) is 5.48 Å². The highest BCUT2D eigenvalue weighted by Gasteiger charge is 2.12. The molecule has 0 saturated heterocycles. The molecule has 0 bridgehead atoms. The lowest BCUT2D eigenvalue weighted by atomic mass is 10.0. The summed E-state index contributed by atoms with van der Waals surface area (Å²) in [5, 5.41) is 10.8. The van der Waals surface area contributed by atoms with E-state index in [1.165, 1.54) is 18.2 Å². The van der Waals surface area contributed by atoms with Gasteiger partial charge in [0.1, 0.15) is 0 Å². The van der Waals surface area contributed by atoms with Gasteiger partial charge < -0.3 is 4.84 Å². The van der Waals surface area contributed by atoms with Crippen molar-refractivity contribution in [1.82, 2.24) is 5.48 Å². The molecule has 0 aromatic heterocycles. The van der Waals surface area contributed by atoms with Gasteiger partial charge in [0.15, 0.2) is 5.75 Å². The third-order valence-electron chi connectivity index (χ3n) is 2.71. The number of benzene rings is 2. The Bertz CT molecular complexity index is 614. The zero-order valence-corrected chi connectivity index (χ0v) is 10.5. The first-order valence-electron chi connectivity index (χ1n) is 5.88. The average molecular weight is 272 g/mol. The van der Waals surface area contributed by atoms with E-state index in [9.17, 15) is 14.9 Å². The number of nitrogens with zero attached hydrogens (tertiary/aromatic N) is 1. The maximum atomic E-state index is 10.8. The molecule has 0 aliphatic rings. The summed E-state index contributed by atoms with van der Waals surface area (Å²) in [6.07, 6.45) is 0.867. The van der Waals surface area contributed by atoms with Gasteiger partial charge in [0.25, 0.3) is 5.69 Å². The van der Waals surface area contributed by atoms with E-state index in [0.29, 0.717) is 24.1 Å². The van der Waals surface area contributed by atoms with E-state index in [4.69, 9.17) is 4.84 Å². The normalized spacial score (nSPS) is 9.80. The first-order valence-corrected chi connectivity index (χ1v) is 5.88. The summed E-state index contributed by atoms with van der Waals surface area (Å²) in [5.41, 5.74) is 3.68. The number of nitro benzene ring substituents is 1. The molecule has 0 aliphatic carbocycles. The number of nitro groups is 1. The molecule has 2 aromatic carbocycles. The largest absolute Gasteiger partial charge is 0.379 e. The lowest BCUT2D eigenvalue weighted by molar-refractivity contribution is -0.384.